The van der Waals surface area contributed by atoms with Gasteiger partial charge in [0.2, 0.25) is 0 Å². The fraction of sp³-hybridized carbons (Fsp3) is 0.393. The normalized spacial score (nSPS) is 15.5. The molecule has 1 aliphatic heterocycles. The lowest BCUT2D eigenvalue weighted by atomic mass is 9.99. The molecule has 2 aromatic carbocycles. The number of carbonyl (C=O) groups is 1. The summed E-state index contributed by atoms with van der Waals surface area (Å²) < 4.78 is 5.58. The SMILES string of the molecule is CCC(C)C(=O)Oc1ccc2[nH]cc(CCCCN3CC=C(c4ccccc4)CC3)c2c1. The lowest BCUT2D eigenvalue weighted by molar-refractivity contribution is -0.138. The minimum atomic E-state index is -0.157. The van der Waals surface area contributed by atoms with E-state index in [1.165, 1.54) is 23.1 Å². The number of rotatable bonds is 9. The van der Waals surface area contributed by atoms with Crippen molar-refractivity contribution in [1.29, 1.82) is 0 Å². The first-order valence-corrected chi connectivity index (χ1v) is 11.9. The van der Waals surface area contributed by atoms with Crippen LogP contribution in [0.2, 0.25) is 0 Å². The van der Waals surface area contributed by atoms with Gasteiger partial charge in [0.25, 0.3) is 0 Å². The van der Waals surface area contributed by atoms with Crippen molar-refractivity contribution in [2.24, 2.45) is 5.92 Å². The number of aromatic amines is 1. The number of fused-ring (bicyclic) bond motifs is 1. The van der Waals surface area contributed by atoms with Crippen LogP contribution in [0.4, 0.5) is 0 Å². The van der Waals surface area contributed by atoms with Crippen molar-refractivity contribution in [3.05, 3.63) is 71.9 Å². The molecule has 32 heavy (non-hydrogen) atoms. The summed E-state index contributed by atoms with van der Waals surface area (Å²) in [5.41, 5.74) is 5.23. The van der Waals surface area contributed by atoms with Gasteiger partial charge < -0.3 is 9.72 Å². The smallest absolute Gasteiger partial charge is 0.314 e. The molecule has 0 aliphatic carbocycles. The third-order valence-corrected chi connectivity index (χ3v) is 6.58. The Labute approximate surface area is 191 Å². The number of ether oxygens (including phenoxy) is 1. The van der Waals surface area contributed by atoms with Crippen LogP contribution in [-0.4, -0.2) is 35.5 Å². The maximum absolute atomic E-state index is 12.1. The third kappa shape index (κ3) is 5.49. The molecule has 1 atom stereocenters. The molecule has 2 heterocycles. The first-order chi connectivity index (χ1) is 15.6. The first-order valence-electron chi connectivity index (χ1n) is 11.9. The van der Waals surface area contributed by atoms with Crippen molar-refractivity contribution in [3.8, 4) is 5.75 Å². The van der Waals surface area contributed by atoms with Crippen molar-refractivity contribution < 1.29 is 9.53 Å². The highest BCUT2D eigenvalue weighted by atomic mass is 16.5. The lowest BCUT2D eigenvalue weighted by Gasteiger charge is -2.26. The van der Waals surface area contributed by atoms with Gasteiger partial charge >= 0.3 is 5.97 Å². The van der Waals surface area contributed by atoms with E-state index < -0.39 is 0 Å². The van der Waals surface area contributed by atoms with Crippen molar-refractivity contribution in [2.75, 3.05) is 19.6 Å². The Kier molecular flexibility index (Phi) is 7.43. The molecule has 1 aromatic heterocycles. The van der Waals surface area contributed by atoms with E-state index in [1.54, 1.807) is 0 Å². The number of carbonyl (C=O) groups excluding carboxylic acids is 1. The Morgan fingerprint density at radius 1 is 1.16 bits per heavy atom. The maximum Gasteiger partial charge on any atom is 0.314 e. The fourth-order valence-electron chi connectivity index (χ4n) is 4.29. The first kappa shape index (κ1) is 22.3. The van der Waals surface area contributed by atoms with Gasteiger partial charge in [-0.3, -0.25) is 9.69 Å². The summed E-state index contributed by atoms with van der Waals surface area (Å²) in [6.07, 6.45) is 9.77. The van der Waals surface area contributed by atoms with Gasteiger partial charge in [0.15, 0.2) is 0 Å². The summed E-state index contributed by atoms with van der Waals surface area (Å²) in [5, 5.41) is 1.16. The summed E-state index contributed by atoms with van der Waals surface area (Å²) >= 11 is 0. The number of nitrogens with one attached hydrogen (secondary N) is 1. The second-order valence-corrected chi connectivity index (χ2v) is 8.85. The zero-order chi connectivity index (χ0) is 22.3. The zero-order valence-corrected chi connectivity index (χ0v) is 19.3. The highest BCUT2D eigenvalue weighted by Gasteiger charge is 2.15. The van der Waals surface area contributed by atoms with E-state index in [9.17, 15) is 4.79 Å². The van der Waals surface area contributed by atoms with Gasteiger partial charge in [-0.15, -0.1) is 0 Å². The van der Waals surface area contributed by atoms with E-state index in [4.69, 9.17) is 4.74 Å². The number of nitrogens with zero attached hydrogens (tertiary/aromatic N) is 1. The van der Waals surface area contributed by atoms with Gasteiger partial charge in [-0.05, 0) is 73.5 Å². The molecule has 4 nitrogen and oxygen atoms in total. The van der Waals surface area contributed by atoms with Crippen molar-refractivity contribution in [3.63, 3.8) is 0 Å². The largest absolute Gasteiger partial charge is 0.426 e. The van der Waals surface area contributed by atoms with Crippen LogP contribution in [-0.2, 0) is 11.2 Å². The number of unbranched alkanes of at least 4 members (excludes halogenated alkanes) is 1. The van der Waals surface area contributed by atoms with Crippen LogP contribution in [0.3, 0.4) is 0 Å². The number of hydrogen-bond donors (Lipinski definition) is 1. The average molecular weight is 431 g/mol. The summed E-state index contributed by atoms with van der Waals surface area (Å²) in [7, 11) is 0. The Balaban J connectivity index is 1.27. The number of benzene rings is 2. The van der Waals surface area contributed by atoms with Crippen molar-refractivity contribution in [2.45, 2.75) is 46.0 Å². The van der Waals surface area contributed by atoms with Gasteiger partial charge in [0.1, 0.15) is 5.75 Å². The minimum Gasteiger partial charge on any atom is -0.426 e. The monoisotopic (exact) mass is 430 g/mol. The van der Waals surface area contributed by atoms with Gasteiger partial charge in [0, 0.05) is 30.2 Å². The summed E-state index contributed by atoms with van der Waals surface area (Å²) in [4.78, 5) is 18.0. The second-order valence-electron chi connectivity index (χ2n) is 8.85. The van der Waals surface area contributed by atoms with Crippen LogP contribution in [0.25, 0.3) is 16.5 Å². The predicted octanol–water partition coefficient (Wildman–Crippen LogP) is 6.23. The van der Waals surface area contributed by atoms with Gasteiger partial charge in [-0.2, -0.15) is 0 Å². The topological polar surface area (TPSA) is 45.3 Å². The van der Waals surface area contributed by atoms with Crippen LogP contribution in [0.1, 0.15) is 50.7 Å². The Morgan fingerprint density at radius 3 is 2.75 bits per heavy atom. The average Bonchev–Trinajstić information content (AvgIpc) is 3.24. The fourth-order valence-corrected chi connectivity index (χ4v) is 4.29. The van der Waals surface area contributed by atoms with Crippen LogP contribution < -0.4 is 4.74 Å². The van der Waals surface area contributed by atoms with Gasteiger partial charge in [0.05, 0.1) is 5.92 Å². The molecule has 0 amide bonds. The second kappa shape index (κ2) is 10.6. The molecule has 1 N–H and O–H groups in total. The molecule has 0 radical (unpaired) electrons. The quantitative estimate of drug-likeness (QED) is 0.249. The van der Waals surface area contributed by atoms with E-state index in [1.807, 2.05) is 32.0 Å². The van der Waals surface area contributed by atoms with Crippen molar-refractivity contribution in [1.82, 2.24) is 9.88 Å². The van der Waals surface area contributed by atoms with Crippen LogP contribution in [0.15, 0.2) is 60.8 Å². The van der Waals surface area contributed by atoms with Gasteiger partial charge in [-0.1, -0.05) is 50.3 Å². The number of hydrogen-bond acceptors (Lipinski definition) is 3. The molecule has 0 spiro atoms. The molecule has 168 valence electrons. The molecule has 4 heteroatoms. The molecule has 0 saturated heterocycles. The Morgan fingerprint density at radius 2 is 2.00 bits per heavy atom. The Bertz CT molecular complexity index is 1070. The van der Waals surface area contributed by atoms with Crippen LogP contribution >= 0.6 is 0 Å². The van der Waals surface area contributed by atoms with Crippen LogP contribution in [0, 0.1) is 5.92 Å². The minimum absolute atomic E-state index is 0.0789. The molecular weight excluding hydrogens is 396 g/mol. The highest BCUT2D eigenvalue weighted by Crippen LogP contribution is 2.26. The molecular formula is C28H34N2O2. The molecule has 0 bridgehead atoms. The van der Waals surface area contributed by atoms with Crippen molar-refractivity contribution >= 4 is 22.4 Å². The van der Waals surface area contributed by atoms with E-state index in [0.29, 0.717) is 5.75 Å². The van der Waals surface area contributed by atoms with Crippen LogP contribution in [0.5, 0.6) is 5.75 Å². The van der Waals surface area contributed by atoms with E-state index in [-0.39, 0.29) is 11.9 Å². The zero-order valence-electron chi connectivity index (χ0n) is 19.3. The van der Waals surface area contributed by atoms with E-state index in [0.717, 1.165) is 56.2 Å². The van der Waals surface area contributed by atoms with E-state index >= 15 is 0 Å². The Hall–Kier alpha value is -2.85. The molecule has 0 saturated carbocycles. The molecule has 3 aromatic rings. The number of esters is 1. The molecule has 1 unspecified atom stereocenters. The molecule has 1 aliphatic rings. The maximum atomic E-state index is 12.1. The molecule has 4 rings (SSSR count). The highest BCUT2D eigenvalue weighted by molar-refractivity contribution is 5.85. The number of aromatic nitrogens is 1. The number of aryl methyl sites for hydroxylation is 1. The van der Waals surface area contributed by atoms with Gasteiger partial charge in [-0.25, -0.2) is 0 Å². The standard InChI is InChI=1S/C28H34N2O2/c1-3-21(2)28(31)32-25-12-13-27-26(19-25)24(20-29-27)11-7-8-16-30-17-14-23(15-18-30)22-9-5-4-6-10-22/h4-6,9-10,12-14,19-21,29H,3,7-8,11,15-18H2,1-2H3. The number of H-pyrrole nitrogens is 1. The van der Waals surface area contributed by atoms with E-state index in [2.05, 4.69) is 52.5 Å². The lowest BCUT2D eigenvalue weighted by Crippen LogP contribution is -2.29. The summed E-state index contributed by atoms with van der Waals surface area (Å²) in [6.45, 7) is 7.23. The summed E-state index contributed by atoms with van der Waals surface area (Å²) in [6, 6.07) is 16.6. The third-order valence-electron chi connectivity index (χ3n) is 6.58. The predicted molar refractivity (Wildman–Crippen MR) is 132 cm³/mol. The molecule has 0 fully saturated rings. The summed E-state index contributed by atoms with van der Waals surface area (Å²) in [5.74, 6) is 0.401.